The number of nitrogens with one attached hydrogen (secondary N) is 1. The number of nitrogens with zero attached hydrogens (tertiary/aromatic N) is 6. The van der Waals surface area contributed by atoms with Gasteiger partial charge in [0.2, 0.25) is 0 Å². The van der Waals surface area contributed by atoms with Gasteiger partial charge in [0.25, 0.3) is 0 Å². The van der Waals surface area contributed by atoms with Crippen molar-refractivity contribution in [2.75, 3.05) is 46.1 Å². The zero-order chi connectivity index (χ0) is 15.4. The van der Waals surface area contributed by atoms with E-state index in [1.165, 1.54) is 0 Å². The third kappa shape index (κ3) is 3.89. The molecule has 2 rings (SSSR count). The summed E-state index contributed by atoms with van der Waals surface area (Å²) in [5, 5.41) is 8.54. The van der Waals surface area contributed by atoms with Crippen LogP contribution in [0.5, 0.6) is 0 Å². The minimum absolute atomic E-state index is 0.730. The highest BCUT2D eigenvalue weighted by molar-refractivity contribution is 5.86. The molecule has 0 unspecified atom stereocenters. The third-order valence-corrected chi connectivity index (χ3v) is 3.32. The van der Waals surface area contributed by atoms with Crippen LogP contribution >= 0.6 is 0 Å². The first-order valence-electron chi connectivity index (χ1n) is 7.27. The quantitative estimate of drug-likeness (QED) is 0.814. The van der Waals surface area contributed by atoms with Gasteiger partial charge < -0.3 is 10.2 Å². The second-order valence-corrected chi connectivity index (χ2v) is 5.57. The summed E-state index contributed by atoms with van der Waals surface area (Å²) in [6.45, 7) is 5.62. The molecule has 0 bridgehead atoms. The van der Waals surface area contributed by atoms with Crippen molar-refractivity contribution in [2.45, 2.75) is 13.5 Å². The van der Waals surface area contributed by atoms with Crippen molar-refractivity contribution in [1.82, 2.24) is 29.5 Å². The molecular weight excluding hydrogens is 266 g/mol. The average molecular weight is 291 g/mol. The second-order valence-electron chi connectivity index (χ2n) is 5.57. The molecule has 0 saturated carbocycles. The van der Waals surface area contributed by atoms with E-state index in [0.717, 1.165) is 48.9 Å². The molecule has 0 radical (unpaired) electrons. The molecule has 21 heavy (non-hydrogen) atoms. The third-order valence-electron chi connectivity index (χ3n) is 3.32. The van der Waals surface area contributed by atoms with Gasteiger partial charge in [-0.1, -0.05) is 0 Å². The van der Waals surface area contributed by atoms with E-state index in [-0.39, 0.29) is 0 Å². The maximum absolute atomic E-state index is 4.64. The minimum atomic E-state index is 0.730. The summed E-state index contributed by atoms with van der Waals surface area (Å²) < 4.78 is 1.79. The molecule has 0 amide bonds. The zero-order valence-corrected chi connectivity index (χ0v) is 13.6. The Balaban J connectivity index is 2.21. The van der Waals surface area contributed by atoms with Crippen LogP contribution in [0.15, 0.2) is 6.20 Å². The molecule has 0 spiro atoms. The van der Waals surface area contributed by atoms with E-state index in [4.69, 9.17) is 0 Å². The summed E-state index contributed by atoms with van der Waals surface area (Å²) in [6.07, 6.45) is 1.81. The minimum Gasteiger partial charge on any atom is -0.370 e. The summed E-state index contributed by atoms with van der Waals surface area (Å²) in [6, 6.07) is 0. The van der Waals surface area contributed by atoms with Gasteiger partial charge in [0, 0.05) is 26.7 Å². The molecule has 7 nitrogen and oxygen atoms in total. The summed E-state index contributed by atoms with van der Waals surface area (Å²) in [5.41, 5.74) is 0.872. The van der Waals surface area contributed by atoms with Gasteiger partial charge in [0.1, 0.15) is 11.6 Å². The van der Waals surface area contributed by atoms with E-state index in [2.05, 4.69) is 58.3 Å². The molecule has 2 aromatic heterocycles. The van der Waals surface area contributed by atoms with E-state index in [9.17, 15) is 0 Å². The number of aryl methyl sites for hydroxylation is 1. The van der Waals surface area contributed by atoms with Gasteiger partial charge in [0.15, 0.2) is 5.65 Å². The Bertz CT molecular complexity index is 590. The van der Waals surface area contributed by atoms with Crippen LogP contribution in [0, 0.1) is 0 Å². The predicted molar refractivity (Wildman–Crippen MR) is 85.4 cm³/mol. The first-order chi connectivity index (χ1) is 10.0. The van der Waals surface area contributed by atoms with E-state index >= 15 is 0 Å². The van der Waals surface area contributed by atoms with Gasteiger partial charge in [0.05, 0.1) is 18.1 Å². The highest BCUT2D eigenvalue weighted by Gasteiger charge is 2.12. The van der Waals surface area contributed by atoms with Crippen LogP contribution in [0.25, 0.3) is 11.0 Å². The van der Waals surface area contributed by atoms with E-state index in [1.807, 2.05) is 13.2 Å². The lowest BCUT2D eigenvalue weighted by Gasteiger charge is -2.18. The first-order valence-corrected chi connectivity index (χ1v) is 7.27. The van der Waals surface area contributed by atoms with Gasteiger partial charge in [-0.2, -0.15) is 5.10 Å². The molecule has 0 aliphatic rings. The van der Waals surface area contributed by atoms with Crippen molar-refractivity contribution < 1.29 is 0 Å². The largest absolute Gasteiger partial charge is 0.370 e. The first kappa shape index (κ1) is 15.7. The Hall–Kier alpha value is -1.73. The molecule has 116 valence electrons. The number of fused-ring (bicyclic) bond motifs is 1. The topological polar surface area (TPSA) is 62.1 Å². The van der Waals surface area contributed by atoms with Crippen molar-refractivity contribution in [3.63, 3.8) is 0 Å². The van der Waals surface area contributed by atoms with Gasteiger partial charge in [-0.15, -0.1) is 0 Å². The molecule has 0 fully saturated rings. The fourth-order valence-electron chi connectivity index (χ4n) is 2.13. The maximum atomic E-state index is 4.64. The fourth-order valence-corrected chi connectivity index (χ4v) is 2.13. The second kappa shape index (κ2) is 6.82. The Kier molecular flexibility index (Phi) is 5.08. The highest BCUT2D eigenvalue weighted by atomic mass is 15.3. The molecule has 2 aromatic rings. The number of hydrogen-bond donors (Lipinski definition) is 1. The Morgan fingerprint density at radius 1 is 1.19 bits per heavy atom. The van der Waals surface area contributed by atoms with E-state index in [1.54, 1.807) is 4.68 Å². The van der Waals surface area contributed by atoms with Crippen LogP contribution in [0.1, 0.15) is 12.7 Å². The van der Waals surface area contributed by atoms with E-state index in [0.29, 0.717) is 0 Å². The molecule has 0 atom stereocenters. The average Bonchev–Trinajstić information content (AvgIpc) is 2.79. The van der Waals surface area contributed by atoms with Crippen LogP contribution in [0.2, 0.25) is 0 Å². The SMILES string of the molecule is CCNc1nc(CN(C)CCN(C)C)nc2c1cnn2C. The Morgan fingerprint density at radius 2 is 1.95 bits per heavy atom. The van der Waals surface area contributed by atoms with Crippen molar-refractivity contribution in [1.29, 1.82) is 0 Å². The predicted octanol–water partition coefficient (Wildman–Crippen LogP) is 0.789. The summed E-state index contributed by atoms with van der Waals surface area (Å²) in [5.74, 6) is 1.69. The summed E-state index contributed by atoms with van der Waals surface area (Å²) >= 11 is 0. The van der Waals surface area contributed by atoms with Gasteiger partial charge in [-0.05, 0) is 28.1 Å². The molecule has 0 aliphatic carbocycles. The number of hydrogen-bond acceptors (Lipinski definition) is 6. The smallest absolute Gasteiger partial charge is 0.163 e. The fraction of sp³-hybridized carbons (Fsp3) is 0.643. The van der Waals surface area contributed by atoms with E-state index < -0.39 is 0 Å². The van der Waals surface area contributed by atoms with Gasteiger partial charge >= 0.3 is 0 Å². The number of anilines is 1. The molecule has 0 aliphatic heterocycles. The molecule has 2 heterocycles. The maximum Gasteiger partial charge on any atom is 0.163 e. The van der Waals surface area contributed by atoms with Crippen LogP contribution in [-0.4, -0.2) is 70.3 Å². The molecular formula is C14H25N7. The standard InChI is InChI=1S/C14H25N7/c1-6-15-13-11-9-16-21(5)14(11)18-12(17-13)10-20(4)8-7-19(2)3/h9H,6-8,10H2,1-5H3,(H,15,17,18). The summed E-state index contributed by atoms with van der Waals surface area (Å²) in [7, 11) is 8.16. The number of aromatic nitrogens is 4. The lowest BCUT2D eigenvalue weighted by Crippen LogP contribution is -2.29. The molecule has 1 N–H and O–H groups in total. The van der Waals surface area contributed by atoms with Gasteiger partial charge in [-0.3, -0.25) is 9.58 Å². The van der Waals surface area contributed by atoms with Crippen molar-refractivity contribution in [3.05, 3.63) is 12.0 Å². The van der Waals surface area contributed by atoms with Gasteiger partial charge in [-0.25, -0.2) is 9.97 Å². The highest BCUT2D eigenvalue weighted by Crippen LogP contribution is 2.19. The Labute approximate surface area is 126 Å². The molecule has 0 aromatic carbocycles. The molecule has 0 saturated heterocycles. The zero-order valence-electron chi connectivity index (χ0n) is 13.6. The van der Waals surface area contributed by atoms with Crippen LogP contribution in [0.3, 0.4) is 0 Å². The monoisotopic (exact) mass is 291 g/mol. The lowest BCUT2D eigenvalue weighted by molar-refractivity contribution is 0.271. The van der Waals surface area contributed by atoms with Crippen LogP contribution < -0.4 is 5.32 Å². The number of rotatable bonds is 7. The Morgan fingerprint density at radius 3 is 2.62 bits per heavy atom. The lowest BCUT2D eigenvalue weighted by atomic mass is 10.3. The van der Waals surface area contributed by atoms with Crippen molar-refractivity contribution in [2.24, 2.45) is 7.05 Å². The van der Waals surface area contributed by atoms with Crippen LogP contribution in [-0.2, 0) is 13.6 Å². The normalized spacial score (nSPS) is 11.8. The van der Waals surface area contributed by atoms with Crippen molar-refractivity contribution in [3.8, 4) is 0 Å². The van der Waals surface area contributed by atoms with Crippen molar-refractivity contribution >= 4 is 16.9 Å². The summed E-state index contributed by atoms with van der Waals surface area (Å²) in [4.78, 5) is 13.7. The molecule has 7 heteroatoms. The number of likely N-dealkylation sites (N-methyl/N-ethyl adjacent to an activating group) is 2. The van der Waals surface area contributed by atoms with Crippen LogP contribution in [0.4, 0.5) is 5.82 Å².